The Balaban J connectivity index is 1.84. The van der Waals surface area contributed by atoms with Crippen molar-refractivity contribution >= 4 is 11.3 Å². The fraction of sp³-hybridized carbons (Fsp3) is 0.308. The van der Waals surface area contributed by atoms with Gasteiger partial charge in [-0.25, -0.2) is 0 Å². The van der Waals surface area contributed by atoms with Crippen molar-refractivity contribution < 1.29 is 4.74 Å². The molecule has 0 aliphatic heterocycles. The number of pyridine rings is 1. The van der Waals surface area contributed by atoms with Crippen molar-refractivity contribution in [1.29, 1.82) is 0 Å². The van der Waals surface area contributed by atoms with Crippen molar-refractivity contribution in [2.75, 3.05) is 13.2 Å². The Morgan fingerprint density at radius 3 is 2.94 bits per heavy atom. The van der Waals surface area contributed by atoms with Crippen LogP contribution in [0, 0.1) is 5.92 Å². The summed E-state index contributed by atoms with van der Waals surface area (Å²) in [6, 6.07) is 7.98. The summed E-state index contributed by atoms with van der Waals surface area (Å²) in [5, 5.41) is 2.09. The van der Waals surface area contributed by atoms with Crippen molar-refractivity contribution in [3.8, 4) is 5.75 Å². The van der Waals surface area contributed by atoms with Gasteiger partial charge >= 0.3 is 0 Å². The van der Waals surface area contributed by atoms with E-state index in [1.54, 1.807) is 23.7 Å². The van der Waals surface area contributed by atoms with Crippen LogP contribution in [0.5, 0.6) is 5.75 Å². The molecule has 2 N–H and O–H groups in total. The first kappa shape index (κ1) is 12.1. The average molecular weight is 248 g/mol. The molecule has 0 fully saturated rings. The summed E-state index contributed by atoms with van der Waals surface area (Å²) in [5.41, 5.74) is 5.76. The number of nitrogens with two attached hydrogens (primary N) is 1. The molecule has 0 aliphatic rings. The Morgan fingerprint density at radius 2 is 2.29 bits per heavy atom. The summed E-state index contributed by atoms with van der Waals surface area (Å²) in [6.07, 6.45) is 4.44. The average Bonchev–Trinajstić information content (AvgIpc) is 2.88. The van der Waals surface area contributed by atoms with Crippen molar-refractivity contribution in [2.24, 2.45) is 11.7 Å². The van der Waals surface area contributed by atoms with E-state index in [0.717, 1.165) is 12.2 Å². The molecule has 90 valence electrons. The molecule has 0 saturated heterocycles. The standard InChI is InChI=1S/C13H16N2OS/c14-8-11(7-13-4-2-6-17-13)10-16-12-3-1-5-15-9-12/h1-6,9,11H,7-8,10,14H2. The van der Waals surface area contributed by atoms with E-state index in [9.17, 15) is 0 Å². The predicted octanol–water partition coefficient (Wildman–Crippen LogP) is 2.34. The Hall–Kier alpha value is -1.39. The van der Waals surface area contributed by atoms with Crippen molar-refractivity contribution in [2.45, 2.75) is 6.42 Å². The summed E-state index contributed by atoms with van der Waals surface area (Å²) in [5.74, 6) is 1.16. The van der Waals surface area contributed by atoms with Crippen LogP contribution in [0.4, 0.5) is 0 Å². The van der Waals surface area contributed by atoms with E-state index in [-0.39, 0.29) is 0 Å². The molecule has 2 rings (SSSR count). The van der Waals surface area contributed by atoms with Gasteiger partial charge in [0.05, 0.1) is 12.8 Å². The molecule has 0 spiro atoms. The minimum Gasteiger partial charge on any atom is -0.492 e. The SMILES string of the molecule is NCC(COc1cccnc1)Cc1cccs1. The summed E-state index contributed by atoms with van der Waals surface area (Å²) in [6.45, 7) is 1.28. The normalized spacial score (nSPS) is 12.3. The molecular formula is C13H16N2OS. The van der Waals surface area contributed by atoms with Gasteiger partial charge in [0.15, 0.2) is 0 Å². The lowest BCUT2D eigenvalue weighted by molar-refractivity contribution is 0.251. The Morgan fingerprint density at radius 1 is 1.35 bits per heavy atom. The van der Waals surface area contributed by atoms with Gasteiger partial charge in [0.1, 0.15) is 5.75 Å². The van der Waals surface area contributed by atoms with Crippen LogP contribution in [0.25, 0.3) is 0 Å². The van der Waals surface area contributed by atoms with Gasteiger partial charge in [-0.2, -0.15) is 0 Å². The number of thiophene rings is 1. The lowest BCUT2D eigenvalue weighted by Crippen LogP contribution is -2.23. The van der Waals surface area contributed by atoms with Gasteiger partial charge in [0.25, 0.3) is 0 Å². The Labute approximate surface area is 105 Å². The van der Waals surface area contributed by atoms with Crippen molar-refractivity contribution in [3.05, 3.63) is 46.9 Å². The van der Waals surface area contributed by atoms with E-state index in [4.69, 9.17) is 10.5 Å². The molecule has 17 heavy (non-hydrogen) atoms. The monoisotopic (exact) mass is 248 g/mol. The highest BCUT2D eigenvalue weighted by molar-refractivity contribution is 7.09. The molecule has 0 radical (unpaired) electrons. The minimum absolute atomic E-state index is 0.355. The lowest BCUT2D eigenvalue weighted by atomic mass is 10.1. The van der Waals surface area contributed by atoms with E-state index < -0.39 is 0 Å². The summed E-state index contributed by atoms with van der Waals surface area (Å²) in [4.78, 5) is 5.37. The minimum atomic E-state index is 0.355. The van der Waals surface area contributed by atoms with Crippen LogP contribution in [0.2, 0.25) is 0 Å². The summed E-state index contributed by atoms with van der Waals surface area (Å²) in [7, 11) is 0. The first-order valence-electron chi connectivity index (χ1n) is 5.63. The van der Waals surface area contributed by atoms with Gasteiger partial charge in [-0.3, -0.25) is 4.98 Å². The molecule has 0 bridgehead atoms. The molecule has 4 heteroatoms. The highest BCUT2D eigenvalue weighted by atomic mass is 32.1. The molecule has 2 heterocycles. The number of hydrogen-bond donors (Lipinski definition) is 1. The van der Waals surface area contributed by atoms with Gasteiger partial charge in [0.2, 0.25) is 0 Å². The van der Waals surface area contributed by atoms with E-state index in [2.05, 4.69) is 22.5 Å². The van der Waals surface area contributed by atoms with Crippen LogP contribution in [0.15, 0.2) is 42.0 Å². The van der Waals surface area contributed by atoms with Crippen LogP contribution in [-0.2, 0) is 6.42 Å². The fourth-order valence-electron chi connectivity index (χ4n) is 1.57. The van der Waals surface area contributed by atoms with Crippen LogP contribution in [0.3, 0.4) is 0 Å². The van der Waals surface area contributed by atoms with Gasteiger partial charge in [0, 0.05) is 17.0 Å². The van der Waals surface area contributed by atoms with E-state index in [1.165, 1.54) is 4.88 Å². The van der Waals surface area contributed by atoms with Crippen LogP contribution in [-0.4, -0.2) is 18.1 Å². The quantitative estimate of drug-likeness (QED) is 0.853. The zero-order valence-corrected chi connectivity index (χ0v) is 10.4. The molecule has 0 saturated carbocycles. The molecule has 0 aliphatic carbocycles. The first-order chi connectivity index (χ1) is 8.38. The molecule has 0 amide bonds. The number of aromatic nitrogens is 1. The molecule has 1 atom stereocenters. The van der Waals surface area contributed by atoms with E-state index in [1.807, 2.05) is 12.1 Å². The lowest BCUT2D eigenvalue weighted by Gasteiger charge is -2.14. The summed E-state index contributed by atoms with van der Waals surface area (Å²) >= 11 is 1.76. The van der Waals surface area contributed by atoms with Crippen LogP contribution >= 0.6 is 11.3 Å². The molecular weight excluding hydrogens is 232 g/mol. The zero-order valence-electron chi connectivity index (χ0n) is 9.58. The fourth-order valence-corrected chi connectivity index (χ4v) is 2.39. The molecule has 2 aromatic heterocycles. The second-order valence-electron chi connectivity index (χ2n) is 3.88. The summed E-state index contributed by atoms with van der Waals surface area (Å²) < 4.78 is 5.67. The zero-order chi connectivity index (χ0) is 11.9. The third-order valence-electron chi connectivity index (χ3n) is 2.52. The third-order valence-corrected chi connectivity index (χ3v) is 3.42. The van der Waals surface area contributed by atoms with Gasteiger partial charge in [-0.15, -0.1) is 11.3 Å². The van der Waals surface area contributed by atoms with Gasteiger partial charge < -0.3 is 10.5 Å². The topological polar surface area (TPSA) is 48.1 Å². The maximum absolute atomic E-state index is 5.76. The largest absolute Gasteiger partial charge is 0.492 e. The first-order valence-corrected chi connectivity index (χ1v) is 6.51. The molecule has 1 unspecified atom stereocenters. The maximum Gasteiger partial charge on any atom is 0.137 e. The predicted molar refractivity (Wildman–Crippen MR) is 70.3 cm³/mol. The second kappa shape index (κ2) is 6.37. The highest BCUT2D eigenvalue weighted by Gasteiger charge is 2.09. The third kappa shape index (κ3) is 3.84. The highest BCUT2D eigenvalue weighted by Crippen LogP contribution is 2.15. The molecule has 3 nitrogen and oxygen atoms in total. The number of ether oxygens (including phenoxy) is 1. The van der Waals surface area contributed by atoms with Crippen LogP contribution < -0.4 is 10.5 Å². The van der Waals surface area contributed by atoms with Gasteiger partial charge in [-0.05, 0) is 36.5 Å². The number of hydrogen-bond acceptors (Lipinski definition) is 4. The Kier molecular flexibility index (Phi) is 4.53. The number of rotatable bonds is 6. The van der Waals surface area contributed by atoms with Crippen molar-refractivity contribution in [1.82, 2.24) is 4.98 Å². The smallest absolute Gasteiger partial charge is 0.137 e. The van der Waals surface area contributed by atoms with E-state index in [0.29, 0.717) is 19.1 Å². The van der Waals surface area contributed by atoms with Crippen LogP contribution in [0.1, 0.15) is 4.88 Å². The number of nitrogens with zero attached hydrogens (tertiary/aromatic N) is 1. The molecule has 2 aromatic rings. The second-order valence-corrected chi connectivity index (χ2v) is 4.92. The van der Waals surface area contributed by atoms with Gasteiger partial charge in [-0.1, -0.05) is 6.07 Å². The molecule has 0 aromatic carbocycles. The van der Waals surface area contributed by atoms with E-state index >= 15 is 0 Å². The van der Waals surface area contributed by atoms with Crippen molar-refractivity contribution in [3.63, 3.8) is 0 Å². The maximum atomic E-state index is 5.76. The Bertz CT molecular complexity index is 416.